The lowest BCUT2D eigenvalue weighted by atomic mass is 10.1. The van der Waals surface area contributed by atoms with E-state index in [9.17, 15) is 0 Å². The number of rotatable bonds is 3. The summed E-state index contributed by atoms with van der Waals surface area (Å²) in [7, 11) is 2.07. The summed E-state index contributed by atoms with van der Waals surface area (Å²) in [6, 6.07) is 6.37. The average molecular weight is 241 g/mol. The molecule has 1 aromatic rings. The largest absolute Gasteiger partial charge is 0.376 e. The van der Waals surface area contributed by atoms with E-state index in [1.807, 2.05) is 18.2 Å². The molecule has 0 amide bonds. The van der Waals surface area contributed by atoms with Crippen LogP contribution in [0.25, 0.3) is 0 Å². The van der Waals surface area contributed by atoms with Crippen molar-refractivity contribution in [2.45, 2.75) is 31.4 Å². The summed E-state index contributed by atoms with van der Waals surface area (Å²) in [4.78, 5) is 6.70. The Labute approximate surface area is 101 Å². The second-order valence-corrected chi connectivity index (χ2v) is 4.43. The molecule has 1 aliphatic rings. The quantitative estimate of drug-likeness (QED) is 0.759. The highest BCUT2D eigenvalue weighted by Gasteiger charge is 2.28. The number of likely N-dealkylation sites (N-methyl/N-ethyl adjacent to an activating group) is 1. The molecule has 1 fully saturated rings. The monoisotopic (exact) mass is 240 g/mol. The van der Waals surface area contributed by atoms with Crippen LogP contribution >= 0.6 is 11.6 Å². The van der Waals surface area contributed by atoms with Crippen LogP contribution in [0.5, 0.6) is 0 Å². The zero-order chi connectivity index (χ0) is 11.5. The van der Waals surface area contributed by atoms with E-state index in [0.29, 0.717) is 11.9 Å². The van der Waals surface area contributed by atoms with Crippen LogP contribution in [0.1, 0.15) is 19.0 Å². The van der Waals surface area contributed by atoms with Crippen LogP contribution in [0.2, 0.25) is 0 Å². The minimum Gasteiger partial charge on any atom is -0.376 e. The van der Waals surface area contributed by atoms with Gasteiger partial charge >= 0.3 is 0 Å². The van der Waals surface area contributed by atoms with E-state index in [-0.39, 0.29) is 6.10 Å². The Hall–Kier alpha value is -0.800. The van der Waals surface area contributed by atoms with Gasteiger partial charge in [-0.15, -0.1) is 11.6 Å². The Morgan fingerprint density at radius 2 is 2.38 bits per heavy atom. The lowest BCUT2D eigenvalue weighted by molar-refractivity contribution is 0.118. The maximum absolute atomic E-state index is 5.79. The topological polar surface area (TPSA) is 25.4 Å². The number of anilines is 1. The first-order chi connectivity index (χ1) is 7.72. The van der Waals surface area contributed by atoms with Gasteiger partial charge in [0.05, 0.1) is 23.7 Å². The van der Waals surface area contributed by atoms with Crippen molar-refractivity contribution < 1.29 is 4.74 Å². The Morgan fingerprint density at radius 1 is 1.56 bits per heavy atom. The van der Waals surface area contributed by atoms with Gasteiger partial charge in [-0.3, -0.25) is 0 Å². The number of aromatic nitrogens is 1. The second-order valence-electron chi connectivity index (χ2n) is 4.16. The minimum atomic E-state index is 0.270. The summed E-state index contributed by atoms with van der Waals surface area (Å²) >= 11 is 5.79. The molecule has 3 nitrogen and oxygen atoms in total. The van der Waals surface area contributed by atoms with E-state index in [1.54, 1.807) is 0 Å². The SMILES string of the molecule is CC1OCCC1N(C)c1cccc(CCl)n1. The number of hydrogen-bond acceptors (Lipinski definition) is 3. The van der Waals surface area contributed by atoms with Gasteiger partial charge in [-0.25, -0.2) is 4.98 Å². The zero-order valence-electron chi connectivity index (χ0n) is 9.69. The molecule has 4 heteroatoms. The van der Waals surface area contributed by atoms with Crippen molar-refractivity contribution in [3.63, 3.8) is 0 Å². The molecule has 0 N–H and O–H groups in total. The van der Waals surface area contributed by atoms with E-state index in [1.165, 1.54) is 0 Å². The standard InChI is InChI=1S/C12H17ClN2O/c1-9-11(6-7-16-9)15(2)12-5-3-4-10(8-13)14-12/h3-5,9,11H,6-8H2,1-2H3. The van der Waals surface area contributed by atoms with Crippen molar-refractivity contribution in [3.8, 4) is 0 Å². The van der Waals surface area contributed by atoms with Crippen LogP contribution in [0.4, 0.5) is 5.82 Å². The minimum absolute atomic E-state index is 0.270. The zero-order valence-corrected chi connectivity index (χ0v) is 10.4. The molecule has 88 valence electrons. The fourth-order valence-corrected chi connectivity index (χ4v) is 2.29. The second kappa shape index (κ2) is 5.02. The molecule has 1 saturated heterocycles. The van der Waals surface area contributed by atoms with Crippen molar-refractivity contribution in [2.24, 2.45) is 0 Å². The highest BCUT2D eigenvalue weighted by atomic mass is 35.5. The molecule has 2 unspecified atom stereocenters. The molecule has 2 heterocycles. The number of pyridine rings is 1. The summed E-state index contributed by atoms with van der Waals surface area (Å²) in [5.74, 6) is 1.43. The van der Waals surface area contributed by atoms with Gasteiger partial charge in [-0.05, 0) is 25.5 Å². The fourth-order valence-electron chi connectivity index (χ4n) is 2.14. The lowest BCUT2D eigenvalue weighted by Gasteiger charge is -2.27. The average Bonchev–Trinajstić information content (AvgIpc) is 2.74. The van der Waals surface area contributed by atoms with Crippen LogP contribution in [-0.2, 0) is 10.6 Å². The molecule has 1 aromatic heterocycles. The highest BCUT2D eigenvalue weighted by Crippen LogP contribution is 2.23. The van der Waals surface area contributed by atoms with E-state index in [2.05, 4.69) is 23.9 Å². The van der Waals surface area contributed by atoms with E-state index < -0.39 is 0 Å². The Kier molecular flexibility index (Phi) is 3.66. The van der Waals surface area contributed by atoms with E-state index in [4.69, 9.17) is 16.3 Å². The van der Waals surface area contributed by atoms with Crippen molar-refractivity contribution in [1.29, 1.82) is 0 Å². The molecule has 0 aromatic carbocycles. The van der Waals surface area contributed by atoms with Crippen LogP contribution in [0, 0.1) is 0 Å². The molecular formula is C12H17ClN2O. The summed E-state index contributed by atoms with van der Waals surface area (Å²) in [6.45, 7) is 2.95. The number of alkyl halides is 1. The molecular weight excluding hydrogens is 224 g/mol. The highest BCUT2D eigenvalue weighted by molar-refractivity contribution is 6.16. The van der Waals surface area contributed by atoms with Gasteiger partial charge in [0, 0.05) is 13.7 Å². The van der Waals surface area contributed by atoms with Crippen molar-refractivity contribution in [2.75, 3.05) is 18.6 Å². The predicted molar refractivity (Wildman–Crippen MR) is 66.0 cm³/mol. The van der Waals surface area contributed by atoms with Crippen molar-refractivity contribution in [1.82, 2.24) is 4.98 Å². The van der Waals surface area contributed by atoms with E-state index >= 15 is 0 Å². The van der Waals surface area contributed by atoms with Gasteiger partial charge in [0.2, 0.25) is 0 Å². The van der Waals surface area contributed by atoms with Crippen LogP contribution in [0.15, 0.2) is 18.2 Å². The first kappa shape index (κ1) is 11.7. The van der Waals surface area contributed by atoms with E-state index in [0.717, 1.165) is 24.5 Å². The Morgan fingerprint density at radius 3 is 3.00 bits per heavy atom. The number of nitrogens with zero attached hydrogens (tertiary/aromatic N) is 2. The number of hydrogen-bond donors (Lipinski definition) is 0. The third-order valence-corrected chi connectivity index (χ3v) is 3.40. The molecule has 0 spiro atoms. The van der Waals surface area contributed by atoms with Gasteiger partial charge < -0.3 is 9.64 Å². The summed E-state index contributed by atoms with van der Waals surface area (Å²) < 4.78 is 5.57. The lowest BCUT2D eigenvalue weighted by Crippen LogP contribution is -2.37. The van der Waals surface area contributed by atoms with Gasteiger partial charge in [0.15, 0.2) is 0 Å². The third kappa shape index (κ3) is 2.30. The summed E-state index contributed by atoms with van der Waals surface area (Å²) in [5, 5.41) is 0. The molecule has 2 atom stereocenters. The van der Waals surface area contributed by atoms with Gasteiger partial charge in [0.25, 0.3) is 0 Å². The Balaban J connectivity index is 2.16. The maximum Gasteiger partial charge on any atom is 0.128 e. The van der Waals surface area contributed by atoms with Crippen LogP contribution in [-0.4, -0.2) is 30.8 Å². The normalized spacial score (nSPS) is 24.7. The molecule has 16 heavy (non-hydrogen) atoms. The molecule has 1 aliphatic heterocycles. The van der Waals surface area contributed by atoms with Crippen molar-refractivity contribution in [3.05, 3.63) is 23.9 Å². The molecule has 0 saturated carbocycles. The number of ether oxygens (including phenoxy) is 1. The van der Waals surface area contributed by atoms with Crippen molar-refractivity contribution >= 4 is 17.4 Å². The Bertz CT molecular complexity index is 359. The molecule has 0 radical (unpaired) electrons. The molecule has 2 rings (SSSR count). The van der Waals surface area contributed by atoms with Gasteiger partial charge in [-0.1, -0.05) is 6.07 Å². The smallest absolute Gasteiger partial charge is 0.128 e. The first-order valence-electron chi connectivity index (χ1n) is 5.58. The molecule has 0 bridgehead atoms. The van der Waals surface area contributed by atoms with Crippen LogP contribution < -0.4 is 4.90 Å². The van der Waals surface area contributed by atoms with Gasteiger partial charge in [0.1, 0.15) is 5.82 Å². The predicted octanol–water partition coefficient (Wildman–Crippen LogP) is 2.43. The molecule has 0 aliphatic carbocycles. The third-order valence-electron chi connectivity index (χ3n) is 3.12. The maximum atomic E-state index is 5.79. The summed E-state index contributed by atoms with van der Waals surface area (Å²) in [6.07, 6.45) is 1.33. The fraction of sp³-hybridized carbons (Fsp3) is 0.583. The first-order valence-corrected chi connectivity index (χ1v) is 6.12. The van der Waals surface area contributed by atoms with Gasteiger partial charge in [-0.2, -0.15) is 0 Å². The number of halogens is 1. The van der Waals surface area contributed by atoms with Crippen LogP contribution in [0.3, 0.4) is 0 Å². The summed E-state index contributed by atoms with van der Waals surface area (Å²) in [5.41, 5.74) is 0.914.